The zero-order chi connectivity index (χ0) is 9.42. The number of aromatic nitrogens is 1. The van der Waals surface area contributed by atoms with Crippen LogP contribution < -0.4 is 0 Å². The van der Waals surface area contributed by atoms with Crippen molar-refractivity contribution < 1.29 is 5.11 Å². The van der Waals surface area contributed by atoms with Crippen molar-refractivity contribution in [3.8, 4) is 0 Å². The summed E-state index contributed by atoms with van der Waals surface area (Å²) in [5, 5.41) is 11.2. The van der Waals surface area contributed by atoms with E-state index in [2.05, 4.69) is 4.98 Å². The molecule has 1 heterocycles. The normalized spacial score (nSPS) is 13.5. The first kappa shape index (κ1) is 8.60. The third-order valence-electron chi connectivity index (χ3n) is 2.10. The summed E-state index contributed by atoms with van der Waals surface area (Å²) < 4.78 is 0. The Morgan fingerprint density at radius 3 is 2.92 bits per heavy atom. The van der Waals surface area contributed by atoms with Crippen LogP contribution in [0.1, 0.15) is 18.6 Å². The van der Waals surface area contributed by atoms with Gasteiger partial charge in [0, 0.05) is 22.2 Å². The summed E-state index contributed by atoms with van der Waals surface area (Å²) in [5.74, 6) is 0. The van der Waals surface area contributed by atoms with E-state index in [1.807, 2.05) is 18.3 Å². The number of hydrogen-bond donors (Lipinski definition) is 2. The molecule has 0 saturated heterocycles. The summed E-state index contributed by atoms with van der Waals surface area (Å²) in [4.78, 5) is 3.08. The number of hydrogen-bond acceptors (Lipinski definition) is 1. The molecule has 2 rings (SSSR count). The molecule has 1 aromatic carbocycles. The van der Waals surface area contributed by atoms with Gasteiger partial charge in [0.2, 0.25) is 0 Å². The minimum Gasteiger partial charge on any atom is -0.389 e. The summed E-state index contributed by atoms with van der Waals surface area (Å²) in [5.41, 5.74) is 1.80. The van der Waals surface area contributed by atoms with Crippen molar-refractivity contribution in [2.24, 2.45) is 0 Å². The lowest BCUT2D eigenvalue weighted by molar-refractivity contribution is 0.200. The predicted molar refractivity (Wildman–Crippen MR) is 53.9 cm³/mol. The van der Waals surface area contributed by atoms with Crippen LogP contribution in [0.2, 0.25) is 5.02 Å². The number of fused-ring (bicyclic) bond motifs is 1. The van der Waals surface area contributed by atoms with Crippen molar-refractivity contribution >= 4 is 22.5 Å². The van der Waals surface area contributed by atoms with Crippen molar-refractivity contribution in [2.45, 2.75) is 13.0 Å². The maximum atomic E-state index is 9.49. The molecule has 1 atom stereocenters. The van der Waals surface area contributed by atoms with Gasteiger partial charge in [-0.15, -0.1) is 0 Å². The molecule has 1 aromatic heterocycles. The summed E-state index contributed by atoms with van der Waals surface area (Å²) >= 11 is 5.90. The number of rotatable bonds is 1. The molecule has 2 N–H and O–H groups in total. The van der Waals surface area contributed by atoms with E-state index in [9.17, 15) is 5.11 Å². The van der Waals surface area contributed by atoms with Gasteiger partial charge in [-0.25, -0.2) is 0 Å². The first-order valence-corrected chi connectivity index (χ1v) is 4.51. The van der Waals surface area contributed by atoms with Gasteiger partial charge in [-0.1, -0.05) is 11.6 Å². The fourth-order valence-electron chi connectivity index (χ4n) is 1.49. The maximum absolute atomic E-state index is 9.49. The fraction of sp³-hybridized carbons (Fsp3) is 0.200. The SMILES string of the molecule is CC(O)c1cc(Cl)cc2cc[nH]c12. The molecular formula is C10H10ClNO. The van der Waals surface area contributed by atoms with Crippen LogP contribution in [0.3, 0.4) is 0 Å². The van der Waals surface area contributed by atoms with Gasteiger partial charge in [-0.2, -0.15) is 0 Å². The van der Waals surface area contributed by atoms with Crippen molar-refractivity contribution in [3.63, 3.8) is 0 Å². The van der Waals surface area contributed by atoms with Gasteiger partial charge >= 0.3 is 0 Å². The highest BCUT2D eigenvalue weighted by Gasteiger charge is 2.08. The molecule has 0 aliphatic carbocycles. The molecule has 2 aromatic rings. The lowest BCUT2D eigenvalue weighted by Gasteiger charge is -2.06. The zero-order valence-corrected chi connectivity index (χ0v) is 7.97. The molecule has 2 nitrogen and oxygen atoms in total. The molecule has 0 aliphatic rings. The monoisotopic (exact) mass is 195 g/mol. The first-order valence-electron chi connectivity index (χ1n) is 4.13. The van der Waals surface area contributed by atoms with E-state index < -0.39 is 6.10 Å². The molecule has 0 bridgehead atoms. The molecule has 1 unspecified atom stereocenters. The number of H-pyrrole nitrogens is 1. The Labute approximate surface area is 81.1 Å². The van der Waals surface area contributed by atoms with Crippen molar-refractivity contribution in [1.29, 1.82) is 0 Å². The fourth-order valence-corrected chi connectivity index (χ4v) is 1.73. The lowest BCUT2D eigenvalue weighted by Crippen LogP contribution is -1.92. The zero-order valence-electron chi connectivity index (χ0n) is 7.21. The van der Waals surface area contributed by atoms with E-state index in [1.54, 1.807) is 13.0 Å². The first-order chi connectivity index (χ1) is 6.18. The van der Waals surface area contributed by atoms with Crippen molar-refractivity contribution in [1.82, 2.24) is 4.98 Å². The summed E-state index contributed by atoms with van der Waals surface area (Å²) in [6.07, 6.45) is 1.34. The molecule has 0 fully saturated rings. The van der Waals surface area contributed by atoms with Crippen LogP contribution in [0.15, 0.2) is 24.4 Å². The predicted octanol–water partition coefficient (Wildman–Crippen LogP) is 2.87. The van der Waals surface area contributed by atoms with E-state index in [0.717, 1.165) is 16.5 Å². The molecule has 0 aliphatic heterocycles. The highest BCUT2D eigenvalue weighted by Crippen LogP contribution is 2.27. The Bertz CT molecular complexity index is 433. The van der Waals surface area contributed by atoms with E-state index in [1.165, 1.54) is 0 Å². The average molecular weight is 196 g/mol. The maximum Gasteiger partial charge on any atom is 0.0782 e. The summed E-state index contributed by atoms with van der Waals surface area (Å²) in [6, 6.07) is 5.59. The molecule has 0 amide bonds. The molecule has 0 saturated carbocycles. The van der Waals surface area contributed by atoms with Crippen LogP contribution in [-0.2, 0) is 0 Å². The number of aliphatic hydroxyl groups excluding tert-OH is 1. The Morgan fingerprint density at radius 1 is 1.46 bits per heavy atom. The van der Waals surface area contributed by atoms with Gasteiger partial charge in [0.15, 0.2) is 0 Å². The van der Waals surface area contributed by atoms with E-state index in [-0.39, 0.29) is 0 Å². The lowest BCUT2D eigenvalue weighted by atomic mass is 10.1. The Balaban J connectivity index is 2.77. The van der Waals surface area contributed by atoms with Gasteiger partial charge in [0.05, 0.1) is 11.6 Å². The van der Waals surface area contributed by atoms with Gasteiger partial charge in [0.25, 0.3) is 0 Å². The molecule has 3 heteroatoms. The second kappa shape index (κ2) is 3.05. The molecule has 68 valence electrons. The topological polar surface area (TPSA) is 36.0 Å². The quantitative estimate of drug-likeness (QED) is 0.721. The average Bonchev–Trinajstić information content (AvgIpc) is 2.49. The minimum atomic E-state index is -0.500. The van der Waals surface area contributed by atoms with Gasteiger partial charge < -0.3 is 10.1 Å². The third kappa shape index (κ3) is 1.43. The van der Waals surface area contributed by atoms with E-state index >= 15 is 0 Å². The van der Waals surface area contributed by atoms with Crippen LogP contribution in [0.5, 0.6) is 0 Å². The highest BCUT2D eigenvalue weighted by atomic mass is 35.5. The molecule has 0 spiro atoms. The molecule has 13 heavy (non-hydrogen) atoms. The Kier molecular flexibility index (Phi) is 2.02. The van der Waals surface area contributed by atoms with Crippen LogP contribution in [-0.4, -0.2) is 10.1 Å². The number of halogens is 1. The Morgan fingerprint density at radius 2 is 2.23 bits per heavy atom. The number of aliphatic hydroxyl groups is 1. The van der Waals surface area contributed by atoms with Gasteiger partial charge in [-0.3, -0.25) is 0 Å². The second-order valence-corrected chi connectivity index (χ2v) is 3.55. The largest absolute Gasteiger partial charge is 0.389 e. The third-order valence-corrected chi connectivity index (χ3v) is 2.32. The number of nitrogens with one attached hydrogen (secondary N) is 1. The second-order valence-electron chi connectivity index (χ2n) is 3.11. The number of aromatic amines is 1. The highest BCUT2D eigenvalue weighted by molar-refractivity contribution is 6.31. The van der Waals surface area contributed by atoms with Crippen molar-refractivity contribution in [2.75, 3.05) is 0 Å². The van der Waals surface area contributed by atoms with E-state index in [0.29, 0.717) is 5.02 Å². The van der Waals surface area contributed by atoms with Crippen LogP contribution >= 0.6 is 11.6 Å². The smallest absolute Gasteiger partial charge is 0.0782 e. The summed E-state index contributed by atoms with van der Waals surface area (Å²) in [6.45, 7) is 1.73. The van der Waals surface area contributed by atoms with Crippen LogP contribution in [0.25, 0.3) is 10.9 Å². The molecular weight excluding hydrogens is 186 g/mol. The van der Waals surface area contributed by atoms with Crippen molar-refractivity contribution in [3.05, 3.63) is 35.0 Å². The standard InChI is InChI=1S/C10H10ClNO/c1-6(13)9-5-8(11)4-7-2-3-12-10(7)9/h2-6,12-13H,1H3. The van der Waals surface area contributed by atoms with Gasteiger partial charge in [0.1, 0.15) is 0 Å². The minimum absolute atomic E-state index is 0.500. The molecule has 0 radical (unpaired) electrons. The summed E-state index contributed by atoms with van der Waals surface area (Å²) in [7, 11) is 0. The van der Waals surface area contributed by atoms with Crippen LogP contribution in [0.4, 0.5) is 0 Å². The van der Waals surface area contributed by atoms with Crippen LogP contribution in [0, 0.1) is 0 Å². The van der Waals surface area contributed by atoms with E-state index in [4.69, 9.17) is 11.6 Å². The number of benzene rings is 1. The Hall–Kier alpha value is -0.990. The van der Waals surface area contributed by atoms with Gasteiger partial charge in [-0.05, 0) is 25.1 Å².